The molecule has 1 amide bonds. The van der Waals surface area contributed by atoms with Gasteiger partial charge in [-0.1, -0.05) is 0 Å². The Bertz CT molecular complexity index is 192. The Labute approximate surface area is 90.3 Å². The van der Waals surface area contributed by atoms with Gasteiger partial charge in [-0.05, 0) is 20.8 Å². The summed E-state index contributed by atoms with van der Waals surface area (Å²) in [4.78, 5) is 11.1. The second-order valence-corrected chi connectivity index (χ2v) is 4.07. The molecule has 5 N–H and O–H groups in total. The molecule has 0 bridgehead atoms. The number of hydrogen-bond acceptors (Lipinski definition) is 5. The summed E-state index contributed by atoms with van der Waals surface area (Å²) in [6.07, 6.45) is -0.946. The third-order valence-electron chi connectivity index (χ3n) is 1.33. The molecule has 0 aliphatic carbocycles. The number of rotatable bonds is 5. The van der Waals surface area contributed by atoms with Crippen LogP contribution in [-0.4, -0.2) is 37.6 Å². The highest BCUT2D eigenvalue weighted by Crippen LogP contribution is 2.05. The summed E-state index contributed by atoms with van der Waals surface area (Å²) in [6, 6.07) is 0. The summed E-state index contributed by atoms with van der Waals surface area (Å²) >= 11 is 0. The van der Waals surface area contributed by atoms with Gasteiger partial charge in [-0.3, -0.25) is 0 Å². The van der Waals surface area contributed by atoms with Crippen molar-refractivity contribution in [2.45, 2.75) is 32.6 Å². The van der Waals surface area contributed by atoms with Crippen LogP contribution in [0.25, 0.3) is 0 Å². The second-order valence-electron chi connectivity index (χ2n) is 4.07. The smallest absolute Gasteiger partial charge is 0.407 e. The van der Waals surface area contributed by atoms with E-state index in [2.05, 4.69) is 5.32 Å². The van der Waals surface area contributed by atoms with Crippen LogP contribution < -0.4 is 16.8 Å². The van der Waals surface area contributed by atoms with E-state index < -0.39 is 17.9 Å². The van der Waals surface area contributed by atoms with E-state index in [4.69, 9.17) is 20.9 Å². The fourth-order valence-electron chi connectivity index (χ4n) is 0.746. The zero-order valence-electron chi connectivity index (χ0n) is 9.58. The maximum Gasteiger partial charge on any atom is 0.407 e. The fraction of sp³-hybridized carbons (Fsp3) is 0.889. The van der Waals surface area contributed by atoms with E-state index in [-0.39, 0.29) is 6.54 Å². The van der Waals surface area contributed by atoms with Crippen molar-refractivity contribution in [2.24, 2.45) is 11.5 Å². The zero-order chi connectivity index (χ0) is 11.9. The predicted molar refractivity (Wildman–Crippen MR) is 57.2 cm³/mol. The van der Waals surface area contributed by atoms with Gasteiger partial charge in [-0.25, -0.2) is 4.79 Å². The highest BCUT2D eigenvalue weighted by Gasteiger charge is 2.15. The molecule has 1 atom stereocenters. The molecule has 0 saturated heterocycles. The Kier molecular flexibility index (Phi) is 6.23. The van der Waals surface area contributed by atoms with Gasteiger partial charge in [0, 0.05) is 13.1 Å². The minimum absolute atomic E-state index is 0.256. The number of hydrogen-bond donors (Lipinski definition) is 3. The Morgan fingerprint density at radius 2 is 2.07 bits per heavy atom. The lowest BCUT2D eigenvalue weighted by Gasteiger charge is -2.19. The third kappa shape index (κ3) is 9.45. The summed E-state index contributed by atoms with van der Waals surface area (Å²) in [6.45, 7) is 6.32. The van der Waals surface area contributed by atoms with Crippen molar-refractivity contribution >= 4 is 6.09 Å². The highest BCUT2D eigenvalue weighted by atomic mass is 16.6. The molecule has 6 nitrogen and oxygen atoms in total. The molecule has 6 heteroatoms. The van der Waals surface area contributed by atoms with Crippen molar-refractivity contribution in [3.05, 3.63) is 0 Å². The third-order valence-corrected chi connectivity index (χ3v) is 1.33. The lowest BCUT2D eigenvalue weighted by atomic mass is 10.2. The average molecular weight is 219 g/mol. The Morgan fingerprint density at radius 1 is 1.47 bits per heavy atom. The number of alkyl carbamates (subject to hydrolysis) is 1. The molecule has 0 rings (SSSR count). The normalized spacial score (nSPS) is 13.4. The highest BCUT2D eigenvalue weighted by molar-refractivity contribution is 5.67. The number of carbonyl (C=O) groups excluding carboxylic acids is 1. The SMILES string of the molecule is CC(C)(C)OC(=O)NCCOC(N)CN. The minimum atomic E-state index is -0.487. The number of ether oxygens (including phenoxy) is 2. The van der Waals surface area contributed by atoms with Gasteiger partial charge in [0.15, 0.2) is 0 Å². The topological polar surface area (TPSA) is 99.6 Å². The van der Waals surface area contributed by atoms with Crippen molar-refractivity contribution in [1.29, 1.82) is 0 Å². The van der Waals surface area contributed by atoms with Crippen molar-refractivity contribution in [2.75, 3.05) is 19.7 Å². The van der Waals surface area contributed by atoms with E-state index in [1.165, 1.54) is 0 Å². The van der Waals surface area contributed by atoms with Crippen molar-refractivity contribution in [3.63, 3.8) is 0 Å². The van der Waals surface area contributed by atoms with Crippen LogP contribution >= 0.6 is 0 Å². The van der Waals surface area contributed by atoms with E-state index in [0.29, 0.717) is 13.2 Å². The number of nitrogens with one attached hydrogen (secondary N) is 1. The minimum Gasteiger partial charge on any atom is -0.444 e. The molecule has 0 heterocycles. The Morgan fingerprint density at radius 3 is 2.53 bits per heavy atom. The first kappa shape index (κ1) is 14.2. The van der Waals surface area contributed by atoms with Crippen LogP contribution in [0, 0.1) is 0 Å². The number of carbonyl (C=O) groups is 1. The molecular weight excluding hydrogens is 198 g/mol. The molecule has 1 unspecified atom stereocenters. The second kappa shape index (κ2) is 6.60. The maximum atomic E-state index is 11.1. The van der Waals surface area contributed by atoms with Gasteiger partial charge in [-0.15, -0.1) is 0 Å². The molecule has 0 aromatic rings. The van der Waals surface area contributed by atoms with Gasteiger partial charge >= 0.3 is 6.09 Å². The van der Waals surface area contributed by atoms with Crippen LogP contribution in [0.5, 0.6) is 0 Å². The standard InChI is InChI=1S/C9H21N3O3/c1-9(2,3)15-8(13)12-4-5-14-7(11)6-10/h7H,4-6,10-11H2,1-3H3,(H,12,13). The van der Waals surface area contributed by atoms with Crippen LogP contribution in [-0.2, 0) is 9.47 Å². The van der Waals surface area contributed by atoms with Crippen LogP contribution in [0.15, 0.2) is 0 Å². The summed E-state index contributed by atoms with van der Waals surface area (Å²) in [5.74, 6) is 0. The first-order chi connectivity index (χ1) is 6.85. The summed E-state index contributed by atoms with van der Waals surface area (Å²) in [5.41, 5.74) is 10.1. The molecule has 0 spiro atoms. The van der Waals surface area contributed by atoms with Crippen LogP contribution in [0.3, 0.4) is 0 Å². The van der Waals surface area contributed by atoms with Crippen molar-refractivity contribution in [3.8, 4) is 0 Å². The van der Waals surface area contributed by atoms with Gasteiger partial charge < -0.3 is 26.3 Å². The van der Waals surface area contributed by atoms with Gasteiger partial charge in [-0.2, -0.15) is 0 Å². The largest absolute Gasteiger partial charge is 0.444 e. The van der Waals surface area contributed by atoms with Gasteiger partial charge in [0.1, 0.15) is 11.8 Å². The monoisotopic (exact) mass is 219 g/mol. The molecular formula is C9H21N3O3. The Balaban J connectivity index is 3.48. The number of nitrogens with two attached hydrogens (primary N) is 2. The van der Waals surface area contributed by atoms with Crippen molar-refractivity contribution in [1.82, 2.24) is 5.32 Å². The molecule has 0 saturated carbocycles. The Hall–Kier alpha value is -0.850. The van der Waals surface area contributed by atoms with Gasteiger partial charge in [0.25, 0.3) is 0 Å². The predicted octanol–water partition coefficient (Wildman–Crippen LogP) is -0.229. The first-order valence-electron chi connectivity index (χ1n) is 4.89. The summed E-state index contributed by atoms with van der Waals surface area (Å²) in [5, 5.41) is 2.54. The lowest BCUT2D eigenvalue weighted by molar-refractivity contribution is 0.0428. The molecule has 0 aromatic carbocycles. The molecule has 15 heavy (non-hydrogen) atoms. The molecule has 0 aliphatic rings. The zero-order valence-corrected chi connectivity index (χ0v) is 9.58. The van der Waals surface area contributed by atoms with E-state index >= 15 is 0 Å². The average Bonchev–Trinajstić information content (AvgIpc) is 2.09. The molecule has 0 aromatic heterocycles. The maximum absolute atomic E-state index is 11.1. The van der Waals surface area contributed by atoms with E-state index in [0.717, 1.165) is 0 Å². The van der Waals surface area contributed by atoms with Crippen molar-refractivity contribution < 1.29 is 14.3 Å². The van der Waals surface area contributed by atoms with E-state index in [9.17, 15) is 4.79 Å². The van der Waals surface area contributed by atoms with Crippen LogP contribution in [0.2, 0.25) is 0 Å². The molecule has 0 aliphatic heterocycles. The lowest BCUT2D eigenvalue weighted by Crippen LogP contribution is -2.37. The summed E-state index contributed by atoms with van der Waals surface area (Å²) < 4.78 is 10.1. The fourth-order valence-corrected chi connectivity index (χ4v) is 0.746. The van der Waals surface area contributed by atoms with E-state index in [1.807, 2.05) is 0 Å². The quantitative estimate of drug-likeness (QED) is 0.438. The first-order valence-corrected chi connectivity index (χ1v) is 4.89. The van der Waals surface area contributed by atoms with E-state index in [1.54, 1.807) is 20.8 Å². The van der Waals surface area contributed by atoms with Crippen LogP contribution in [0.1, 0.15) is 20.8 Å². The summed E-state index contributed by atoms with van der Waals surface area (Å²) in [7, 11) is 0. The van der Waals surface area contributed by atoms with Gasteiger partial charge in [0.2, 0.25) is 0 Å². The number of amides is 1. The van der Waals surface area contributed by atoms with Gasteiger partial charge in [0.05, 0.1) is 6.61 Å². The molecule has 90 valence electrons. The van der Waals surface area contributed by atoms with Crippen LogP contribution in [0.4, 0.5) is 4.79 Å². The molecule has 0 fully saturated rings. The molecule has 0 radical (unpaired) electrons.